The van der Waals surface area contributed by atoms with Gasteiger partial charge in [0.15, 0.2) is 5.13 Å². The molecule has 6 nitrogen and oxygen atoms in total. The van der Waals surface area contributed by atoms with Crippen molar-refractivity contribution in [3.05, 3.63) is 21.0 Å². The molecule has 0 aliphatic heterocycles. The van der Waals surface area contributed by atoms with Crippen molar-refractivity contribution in [2.75, 3.05) is 17.6 Å². The lowest BCUT2D eigenvalue weighted by Crippen LogP contribution is -2.25. The second-order valence-electron chi connectivity index (χ2n) is 5.04. The summed E-state index contributed by atoms with van der Waals surface area (Å²) in [4.78, 5) is 21.2. The number of nitrogen functional groups attached to an aromatic ring is 1. The topological polar surface area (TPSA) is 92.9 Å². The number of aromatic nitrogens is 2. The third-order valence-electron chi connectivity index (χ3n) is 3.06. The Kier molecular flexibility index (Phi) is 4.07. The van der Waals surface area contributed by atoms with Crippen LogP contribution in [0.4, 0.5) is 10.9 Å². The van der Waals surface area contributed by atoms with E-state index in [2.05, 4.69) is 20.6 Å². The van der Waals surface area contributed by atoms with Gasteiger partial charge in [-0.05, 0) is 19.8 Å². The lowest BCUT2D eigenvalue weighted by molar-refractivity contribution is 0.0959. The number of amides is 1. The first kappa shape index (κ1) is 14.3. The third kappa shape index (κ3) is 3.70. The number of carbonyl (C=O) groups is 1. The molecule has 21 heavy (non-hydrogen) atoms. The molecule has 1 fully saturated rings. The van der Waals surface area contributed by atoms with Gasteiger partial charge in [0.1, 0.15) is 10.7 Å². The fourth-order valence-corrected chi connectivity index (χ4v) is 3.49. The van der Waals surface area contributed by atoms with E-state index >= 15 is 0 Å². The van der Waals surface area contributed by atoms with E-state index in [0.717, 1.165) is 35.1 Å². The highest BCUT2D eigenvalue weighted by molar-refractivity contribution is 7.18. The number of hydrogen-bond acceptors (Lipinski definition) is 7. The number of anilines is 2. The molecule has 8 heteroatoms. The number of thiazole rings is 2. The monoisotopic (exact) mass is 323 g/mol. The number of nitrogens with one attached hydrogen (secondary N) is 2. The molecule has 1 saturated carbocycles. The second-order valence-corrected chi connectivity index (χ2v) is 6.98. The molecule has 0 spiro atoms. The van der Waals surface area contributed by atoms with Crippen LogP contribution in [0.3, 0.4) is 0 Å². The van der Waals surface area contributed by atoms with E-state index in [-0.39, 0.29) is 5.91 Å². The van der Waals surface area contributed by atoms with Gasteiger partial charge in [0.2, 0.25) is 0 Å². The molecule has 1 amide bonds. The minimum Gasteiger partial charge on any atom is -0.382 e. The fourth-order valence-electron chi connectivity index (χ4n) is 1.84. The lowest BCUT2D eigenvalue weighted by atomic mass is 10.4. The summed E-state index contributed by atoms with van der Waals surface area (Å²) < 4.78 is 0. The molecule has 0 saturated heterocycles. The molecule has 3 rings (SSSR count). The molecule has 0 unspecified atom stereocenters. The summed E-state index contributed by atoms with van der Waals surface area (Å²) in [5.41, 5.74) is 6.83. The summed E-state index contributed by atoms with van der Waals surface area (Å²) in [6.45, 7) is 2.51. The van der Waals surface area contributed by atoms with E-state index < -0.39 is 0 Å². The fraction of sp³-hybridized carbons (Fsp3) is 0.462. The maximum atomic E-state index is 12.1. The Labute approximate surface area is 130 Å². The number of nitrogens with zero attached hydrogens (tertiary/aromatic N) is 2. The zero-order valence-corrected chi connectivity index (χ0v) is 13.3. The Hall–Kier alpha value is -1.67. The summed E-state index contributed by atoms with van der Waals surface area (Å²) in [5.74, 6) is 0.132. The largest absolute Gasteiger partial charge is 0.382 e. The zero-order valence-electron chi connectivity index (χ0n) is 11.7. The normalized spacial score (nSPS) is 14.1. The Morgan fingerprint density at radius 3 is 2.95 bits per heavy atom. The highest BCUT2D eigenvalue weighted by Gasteiger charge is 2.24. The SMILES string of the molecule is Cc1csc(CCNC(=O)c2sc(NC3CC3)nc2N)n1. The van der Waals surface area contributed by atoms with Crippen LogP contribution in [0.1, 0.15) is 33.2 Å². The summed E-state index contributed by atoms with van der Waals surface area (Å²) in [7, 11) is 0. The van der Waals surface area contributed by atoms with Gasteiger partial charge in [-0.2, -0.15) is 0 Å². The standard InChI is InChI=1S/C13H17N5OS2/c1-7-6-20-9(16-7)4-5-15-12(19)10-11(14)18-13(21-10)17-8-2-3-8/h6,8H,2-5,14H2,1H3,(H,15,19)(H,17,18). The van der Waals surface area contributed by atoms with E-state index in [4.69, 9.17) is 5.73 Å². The number of aryl methyl sites for hydroxylation is 1. The van der Waals surface area contributed by atoms with Crippen molar-refractivity contribution in [3.8, 4) is 0 Å². The smallest absolute Gasteiger partial charge is 0.265 e. The van der Waals surface area contributed by atoms with E-state index in [1.54, 1.807) is 11.3 Å². The Morgan fingerprint density at radius 2 is 2.29 bits per heavy atom. The van der Waals surface area contributed by atoms with Crippen LogP contribution in [0, 0.1) is 6.92 Å². The van der Waals surface area contributed by atoms with Crippen molar-refractivity contribution in [2.45, 2.75) is 32.2 Å². The van der Waals surface area contributed by atoms with Crippen molar-refractivity contribution < 1.29 is 4.79 Å². The van der Waals surface area contributed by atoms with E-state index in [1.807, 2.05) is 12.3 Å². The van der Waals surface area contributed by atoms with Crippen LogP contribution in [0.2, 0.25) is 0 Å². The number of carbonyl (C=O) groups excluding carboxylic acids is 1. The van der Waals surface area contributed by atoms with Gasteiger partial charge in [-0.15, -0.1) is 11.3 Å². The Bertz CT molecular complexity index is 647. The first-order valence-corrected chi connectivity index (χ1v) is 8.53. The number of hydrogen-bond donors (Lipinski definition) is 3. The maximum Gasteiger partial charge on any atom is 0.265 e. The van der Waals surface area contributed by atoms with E-state index in [1.165, 1.54) is 11.3 Å². The third-order valence-corrected chi connectivity index (χ3v) is 5.08. The molecule has 0 radical (unpaired) electrons. The van der Waals surface area contributed by atoms with Gasteiger partial charge in [0, 0.05) is 30.1 Å². The molecule has 4 N–H and O–H groups in total. The first-order valence-electron chi connectivity index (χ1n) is 6.84. The molecule has 0 aromatic carbocycles. The van der Waals surface area contributed by atoms with Gasteiger partial charge in [-0.1, -0.05) is 11.3 Å². The average molecular weight is 323 g/mol. The van der Waals surface area contributed by atoms with E-state index in [9.17, 15) is 4.79 Å². The number of rotatable bonds is 6. The molecule has 0 bridgehead atoms. The first-order chi connectivity index (χ1) is 10.1. The molecule has 1 aliphatic carbocycles. The van der Waals surface area contributed by atoms with Crippen LogP contribution in [0.5, 0.6) is 0 Å². The van der Waals surface area contributed by atoms with Gasteiger partial charge in [-0.3, -0.25) is 4.79 Å². The molecule has 0 atom stereocenters. The summed E-state index contributed by atoms with van der Waals surface area (Å²) in [6, 6.07) is 0.500. The highest BCUT2D eigenvalue weighted by atomic mass is 32.1. The summed E-state index contributed by atoms with van der Waals surface area (Å²) in [5, 5.41) is 9.89. The van der Waals surface area contributed by atoms with Gasteiger partial charge in [0.05, 0.1) is 5.01 Å². The predicted molar refractivity (Wildman–Crippen MR) is 86.1 cm³/mol. The predicted octanol–water partition coefficient (Wildman–Crippen LogP) is 2.04. The molecule has 2 heterocycles. The zero-order chi connectivity index (χ0) is 14.8. The van der Waals surface area contributed by atoms with Crippen LogP contribution in [0.25, 0.3) is 0 Å². The van der Waals surface area contributed by atoms with Gasteiger partial charge in [0.25, 0.3) is 5.91 Å². The Balaban J connectivity index is 1.53. The van der Waals surface area contributed by atoms with Crippen LogP contribution >= 0.6 is 22.7 Å². The molecule has 112 valence electrons. The summed E-state index contributed by atoms with van der Waals surface area (Å²) in [6.07, 6.45) is 3.05. The van der Waals surface area contributed by atoms with Crippen molar-refractivity contribution in [1.29, 1.82) is 0 Å². The summed E-state index contributed by atoms with van der Waals surface area (Å²) >= 11 is 2.93. The highest BCUT2D eigenvalue weighted by Crippen LogP contribution is 2.30. The van der Waals surface area contributed by atoms with Crippen LogP contribution in [-0.4, -0.2) is 28.5 Å². The van der Waals surface area contributed by atoms with Crippen molar-refractivity contribution >= 4 is 39.5 Å². The Morgan fingerprint density at radius 1 is 1.48 bits per heavy atom. The van der Waals surface area contributed by atoms with Crippen molar-refractivity contribution in [3.63, 3.8) is 0 Å². The van der Waals surface area contributed by atoms with Crippen LogP contribution in [0.15, 0.2) is 5.38 Å². The maximum absolute atomic E-state index is 12.1. The lowest BCUT2D eigenvalue weighted by Gasteiger charge is -2.01. The van der Waals surface area contributed by atoms with E-state index in [0.29, 0.717) is 23.3 Å². The van der Waals surface area contributed by atoms with Crippen molar-refractivity contribution in [2.24, 2.45) is 0 Å². The van der Waals surface area contributed by atoms with Crippen LogP contribution < -0.4 is 16.4 Å². The van der Waals surface area contributed by atoms with Crippen LogP contribution in [-0.2, 0) is 6.42 Å². The number of nitrogens with two attached hydrogens (primary N) is 1. The quantitative estimate of drug-likeness (QED) is 0.756. The van der Waals surface area contributed by atoms with Gasteiger partial charge < -0.3 is 16.4 Å². The minimum atomic E-state index is -0.165. The van der Waals surface area contributed by atoms with Gasteiger partial charge >= 0.3 is 0 Å². The molecule has 1 aliphatic rings. The molecular weight excluding hydrogens is 306 g/mol. The average Bonchev–Trinajstić information content (AvgIpc) is 3.03. The minimum absolute atomic E-state index is 0.165. The molecule has 2 aromatic rings. The second kappa shape index (κ2) is 5.98. The van der Waals surface area contributed by atoms with Gasteiger partial charge in [-0.25, -0.2) is 9.97 Å². The molecular formula is C13H17N5OS2. The van der Waals surface area contributed by atoms with Crippen molar-refractivity contribution in [1.82, 2.24) is 15.3 Å². The molecule has 2 aromatic heterocycles.